The summed E-state index contributed by atoms with van der Waals surface area (Å²) in [5, 5.41) is 14.8. The van der Waals surface area contributed by atoms with Gasteiger partial charge in [-0.25, -0.2) is 13.4 Å². The van der Waals surface area contributed by atoms with E-state index in [1.807, 2.05) is 4.90 Å². The Labute approximate surface area is 175 Å². The average molecular weight is 439 g/mol. The maximum absolute atomic E-state index is 12.0. The summed E-state index contributed by atoms with van der Waals surface area (Å²) in [6.07, 6.45) is 0.997. The highest BCUT2D eigenvalue weighted by molar-refractivity contribution is 7.90. The summed E-state index contributed by atoms with van der Waals surface area (Å²) in [5.41, 5.74) is 1.10. The predicted molar refractivity (Wildman–Crippen MR) is 115 cm³/mol. The fourth-order valence-corrected chi connectivity index (χ4v) is 5.10. The summed E-state index contributed by atoms with van der Waals surface area (Å²) in [4.78, 5) is 19.7. The second-order valence-corrected chi connectivity index (χ2v) is 11.2. The van der Waals surface area contributed by atoms with Crippen LogP contribution in [0.3, 0.4) is 0 Å². The minimum atomic E-state index is -3.69. The molecule has 2 aromatic rings. The maximum Gasteiger partial charge on any atom is 0.311 e. The predicted octanol–water partition coefficient (Wildman–Crippen LogP) is 3.07. The molecule has 3 rings (SSSR count). The summed E-state index contributed by atoms with van der Waals surface area (Å²) >= 11 is 1.67. The Kier molecular flexibility index (Phi) is 5.98. The first kappa shape index (κ1) is 21.7. The zero-order chi connectivity index (χ0) is 21.4. The minimum absolute atomic E-state index is 0.0329. The number of aromatic nitrogens is 1. The minimum Gasteiger partial charge on any atom is -0.363 e. The molecule has 1 aromatic heterocycles. The Morgan fingerprint density at radius 2 is 1.86 bits per heavy atom. The van der Waals surface area contributed by atoms with E-state index < -0.39 is 14.8 Å². The molecule has 1 aliphatic heterocycles. The second-order valence-electron chi connectivity index (χ2n) is 8.31. The molecule has 1 aromatic carbocycles. The maximum atomic E-state index is 12.0. The van der Waals surface area contributed by atoms with Crippen LogP contribution in [0.4, 0.5) is 11.4 Å². The Morgan fingerprint density at radius 3 is 2.38 bits per heavy atom. The fourth-order valence-electron chi connectivity index (χ4n) is 3.35. The largest absolute Gasteiger partial charge is 0.363 e. The van der Waals surface area contributed by atoms with Crippen LogP contribution in [0.1, 0.15) is 31.5 Å². The summed E-state index contributed by atoms with van der Waals surface area (Å²) in [6.45, 7) is 9.80. The quantitative estimate of drug-likeness (QED) is 0.523. The molecule has 0 bridgehead atoms. The summed E-state index contributed by atoms with van der Waals surface area (Å²) in [5.74, 6) is 0. The number of sulfone groups is 1. The zero-order valence-corrected chi connectivity index (χ0v) is 18.7. The van der Waals surface area contributed by atoms with Crippen LogP contribution in [-0.2, 0) is 21.8 Å². The molecule has 1 aliphatic rings. The van der Waals surface area contributed by atoms with Crippen molar-refractivity contribution >= 4 is 32.5 Å². The number of nitro groups is 1. The fraction of sp³-hybridized carbons (Fsp3) is 0.526. The van der Waals surface area contributed by atoms with Gasteiger partial charge in [0.05, 0.1) is 15.6 Å². The lowest BCUT2D eigenvalue weighted by Gasteiger charge is -2.35. The van der Waals surface area contributed by atoms with Gasteiger partial charge in [-0.2, -0.15) is 0 Å². The standard InChI is InChI=1S/C19H26N4O4S2/c1-19(2,3)18-20-14(13-28-18)12-21-8-10-22(11-9-21)15-6-5-7-16(29(4,26)27)17(15)23(24)25/h5-7,13H,8-12H2,1-4H3. The number of hydrogen-bond acceptors (Lipinski definition) is 8. The molecule has 0 amide bonds. The van der Waals surface area contributed by atoms with Crippen molar-refractivity contribution in [3.05, 3.63) is 44.4 Å². The van der Waals surface area contributed by atoms with E-state index >= 15 is 0 Å². The van der Waals surface area contributed by atoms with E-state index in [9.17, 15) is 18.5 Å². The van der Waals surface area contributed by atoms with Gasteiger partial charge in [-0.1, -0.05) is 26.8 Å². The van der Waals surface area contributed by atoms with Crippen molar-refractivity contribution in [3.63, 3.8) is 0 Å². The molecule has 1 saturated heterocycles. The third kappa shape index (κ3) is 4.93. The number of nitro benzene ring substituents is 1. The van der Waals surface area contributed by atoms with E-state index in [1.165, 1.54) is 6.07 Å². The molecule has 1 fully saturated rings. The molecule has 0 spiro atoms. The van der Waals surface area contributed by atoms with Crippen LogP contribution >= 0.6 is 11.3 Å². The molecule has 8 nitrogen and oxygen atoms in total. The molecule has 0 radical (unpaired) electrons. The van der Waals surface area contributed by atoms with Crippen molar-refractivity contribution in [3.8, 4) is 0 Å². The van der Waals surface area contributed by atoms with Gasteiger partial charge >= 0.3 is 5.69 Å². The van der Waals surface area contributed by atoms with Crippen molar-refractivity contribution in [2.24, 2.45) is 0 Å². The molecule has 0 saturated carbocycles. The van der Waals surface area contributed by atoms with Gasteiger partial charge in [-0.3, -0.25) is 15.0 Å². The first-order valence-corrected chi connectivity index (χ1v) is 12.1. The van der Waals surface area contributed by atoms with Crippen molar-refractivity contribution in [2.45, 2.75) is 37.6 Å². The van der Waals surface area contributed by atoms with Gasteiger partial charge < -0.3 is 4.90 Å². The number of hydrogen-bond donors (Lipinski definition) is 0. The summed E-state index contributed by atoms with van der Waals surface area (Å²) in [6, 6.07) is 4.48. The molecular formula is C19H26N4O4S2. The number of para-hydroxylation sites is 1. The number of nitrogens with zero attached hydrogens (tertiary/aromatic N) is 4. The molecule has 0 N–H and O–H groups in total. The molecule has 158 valence electrons. The Hall–Kier alpha value is -2.04. The number of rotatable bonds is 5. The van der Waals surface area contributed by atoms with Crippen molar-refractivity contribution in [1.82, 2.24) is 9.88 Å². The Morgan fingerprint density at radius 1 is 1.21 bits per heavy atom. The number of benzene rings is 1. The van der Waals surface area contributed by atoms with Crippen LogP contribution in [-0.4, -0.2) is 55.7 Å². The smallest absolute Gasteiger partial charge is 0.311 e. The van der Waals surface area contributed by atoms with Crippen molar-refractivity contribution in [1.29, 1.82) is 0 Å². The number of thiazole rings is 1. The molecule has 29 heavy (non-hydrogen) atoms. The zero-order valence-electron chi connectivity index (χ0n) is 17.1. The highest BCUT2D eigenvalue weighted by Crippen LogP contribution is 2.35. The first-order chi connectivity index (χ1) is 13.5. The first-order valence-electron chi connectivity index (χ1n) is 9.36. The van der Waals surface area contributed by atoms with Gasteiger partial charge in [0, 0.05) is 49.8 Å². The van der Waals surface area contributed by atoms with Gasteiger partial charge in [-0.15, -0.1) is 11.3 Å². The second kappa shape index (κ2) is 8.00. The van der Waals surface area contributed by atoms with E-state index in [4.69, 9.17) is 4.98 Å². The molecule has 0 atom stereocenters. The van der Waals surface area contributed by atoms with Crippen LogP contribution < -0.4 is 4.90 Å². The van der Waals surface area contributed by atoms with Crippen LogP contribution in [0.25, 0.3) is 0 Å². The van der Waals surface area contributed by atoms with Crippen molar-refractivity contribution < 1.29 is 13.3 Å². The van der Waals surface area contributed by atoms with E-state index in [0.717, 1.165) is 36.6 Å². The summed E-state index contributed by atoms with van der Waals surface area (Å²) < 4.78 is 24.0. The van der Waals surface area contributed by atoms with Crippen LogP contribution in [0, 0.1) is 10.1 Å². The number of piperazine rings is 1. The lowest BCUT2D eigenvalue weighted by molar-refractivity contribution is -0.387. The topological polar surface area (TPSA) is 96.7 Å². The lowest BCUT2D eigenvalue weighted by atomic mass is 9.98. The van der Waals surface area contributed by atoms with Gasteiger partial charge in [0.25, 0.3) is 0 Å². The highest BCUT2D eigenvalue weighted by atomic mass is 32.2. The van der Waals surface area contributed by atoms with Crippen molar-refractivity contribution in [2.75, 3.05) is 37.3 Å². The molecule has 0 unspecified atom stereocenters. The number of anilines is 1. The SMILES string of the molecule is CC(C)(C)c1nc(CN2CCN(c3cccc(S(C)(=O)=O)c3[N+](=O)[O-])CC2)cs1. The van der Waals surface area contributed by atoms with Crippen LogP contribution in [0.5, 0.6) is 0 Å². The third-order valence-electron chi connectivity index (χ3n) is 4.85. The molecule has 0 aliphatic carbocycles. The molecule has 10 heteroatoms. The van der Waals surface area contributed by atoms with Crippen LogP contribution in [0.2, 0.25) is 0 Å². The van der Waals surface area contributed by atoms with Gasteiger partial charge in [0.2, 0.25) is 0 Å². The highest BCUT2D eigenvalue weighted by Gasteiger charge is 2.30. The van der Waals surface area contributed by atoms with Crippen LogP contribution in [0.15, 0.2) is 28.5 Å². The lowest BCUT2D eigenvalue weighted by Crippen LogP contribution is -2.46. The van der Waals surface area contributed by atoms with E-state index in [-0.39, 0.29) is 16.0 Å². The average Bonchev–Trinajstić information content (AvgIpc) is 3.10. The summed E-state index contributed by atoms with van der Waals surface area (Å²) in [7, 11) is -3.69. The Balaban J connectivity index is 1.73. The molecule has 2 heterocycles. The normalized spacial score (nSPS) is 16.2. The van der Waals surface area contributed by atoms with Gasteiger partial charge in [0.15, 0.2) is 9.84 Å². The monoisotopic (exact) mass is 438 g/mol. The van der Waals surface area contributed by atoms with E-state index in [0.29, 0.717) is 18.8 Å². The Bertz CT molecular complexity index is 1000. The van der Waals surface area contributed by atoms with E-state index in [1.54, 1.807) is 23.5 Å². The molecular weight excluding hydrogens is 412 g/mol. The van der Waals surface area contributed by atoms with Gasteiger partial charge in [0.1, 0.15) is 10.6 Å². The third-order valence-corrected chi connectivity index (χ3v) is 7.30. The van der Waals surface area contributed by atoms with E-state index in [2.05, 4.69) is 31.1 Å². The van der Waals surface area contributed by atoms with Gasteiger partial charge in [-0.05, 0) is 12.1 Å².